The van der Waals surface area contributed by atoms with Gasteiger partial charge >= 0.3 is 0 Å². The van der Waals surface area contributed by atoms with Gasteiger partial charge in [0.25, 0.3) is 5.91 Å². The molecular weight excluding hydrogens is 521 g/mol. The number of nitrogens with zero attached hydrogens (tertiary/aromatic N) is 2. The lowest BCUT2D eigenvalue weighted by atomic mass is 10.1. The smallest absolute Gasteiger partial charge is 0.251 e. The molecular formula is C23H34IN5O3. The minimum absolute atomic E-state index is 0. The van der Waals surface area contributed by atoms with Crippen molar-refractivity contribution < 1.29 is 13.9 Å². The molecule has 32 heavy (non-hydrogen) atoms. The third-order valence-electron chi connectivity index (χ3n) is 5.44. The number of benzene rings is 1. The summed E-state index contributed by atoms with van der Waals surface area (Å²) < 4.78 is 10.8. The molecule has 0 bridgehead atoms. The molecule has 1 aliphatic heterocycles. The number of carbonyl (C=O) groups excluding carboxylic acids is 1. The second-order valence-electron chi connectivity index (χ2n) is 7.49. The average molecular weight is 555 g/mol. The SMILES string of the molecule is CN=C(NCCNC(=O)c1ccc(OC)cc1)NCC(c1ccco1)N1CCCCC1.I. The van der Waals surface area contributed by atoms with E-state index in [1.807, 2.05) is 12.1 Å². The van der Waals surface area contributed by atoms with E-state index in [1.165, 1.54) is 19.3 Å². The molecule has 3 rings (SSSR count). The summed E-state index contributed by atoms with van der Waals surface area (Å²) in [5.74, 6) is 2.28. The van der Waals surface area contributed by atoms with Crippen LogP contribution in [0.2, 0.25) is 0 Å². The summed E-state index contributed by atoms with van der Waals surface area (Å²) in [6, 6.07) is 11.2. The first-order valence-electron chi connectivity index (χ1n) is 10.9. The van der Waals surface area contributed by atoms with Crippen molar-refractivity contribution in [3.05, 3.63) is 54.0 Å². The molecule has 2 aromatic rings. The molecule has 1 atom stereocenters. The molecule has 1 saturated heterocycles. The quantitative estimate of drug-likeness (QED) is 0.191. The first kappa shape index (κ1) is 26.0. The molecule has 0 spiro atoms. The second-order valence-corrected chi connectivity index (χ2v) is 7.49. The Bertz CT molecular complexity index is 821. The van der Waals surface area contributed by atoms with Crippen LogP contribution >= 0.6 is 24.0 Å². The lowest BCUT2D eigenvalue weighted by Gasteiger charge is -2.33. The van der Waals surface area contributed by atoms with Crippen LogP contribution in [0.25, 0.3) is 0 Å². The Morgan fingerprint density at radius 2 is 1.81 bits per heavy atom. The van der Waals surface area contributed by atoms with E-state index in [1.54, 1.807) is 44.7 Å². The van der Waals surface area contributed by atoms with E-state index in [9.17, 15) is 4.79 Å². The zero-order chi connectivity index (χ0) is 21.9. The monoisotopic (exact) mass is 555 g/mol. The van der Waals surface area contributed by atoms with Crippen LogP contribution < -0.4 is 20.7 Å². The number of aliphatic imine (C=N–C) groups is 1. The van der Waals surface area contributed by atoms with Crippen molar-refractivity contribution in [2.45, 2.75) is 25.3 Å². The van der Waals surface area contributed by atoms with Crippen LogP contribution in [-0.4, -0.2) is 63.6 Å². The molecule has 1 aromatic heterocycles. The number of ether oxygens (including phenoxy) is 1. The Labute approximate surface area is 207 Å². The van der Waals surface area contributed by atoms with Crippen molar-refractivity contribution in [3.8, 4) is 5.75 Å². The maximum Gasteiger partial charge on any atom is 0.251 e. The van der Waals surface area contributed by atoms with Crippen LogP contribution in [0.3, 0.4) is 0 Å². The number of furan rings is 1. The summed E-state index contributed by atoms with van der Waals surface area (Å²) in [6.45, 7) is 3.91. The van der Waals surface area contributed by atoms with E-state index >= 15 is 0 Å². The maximum absolute atomic E-state index is 12.2. The minimum Gasteiger partial charge on any atom is -0.497 e. The highest BCUT2D eigenvalue weighted by atomic mass is 127. The topological polar surface area (TPSA) is 91.1 Å². The van der Waals surface area contributed by atoms with Gasteiger partial charge in [0.05, 0.1) is 19.4 Å². The van der Waals surface area contributed by atoms with Gasteiger partial charge in [0.1, 0.15) is 11.5 Å². The number of rotatable bonds is 9. The van der Waals surface area contributed by atoms with Crippen molar-refractivity contribution >= 4 is 35.8 Å². The number of guanidine groups is 1. The van der Waals surface area contributed by atoms with E-state index in [4.69, 9.17) is 9.15 Å². The Hall–Kier alpha value is -2.27. The highest BCUT2D eigenvalue weighted by Gasteiger charge is 2.24. The first-order chi connectivity index (χ1) is 15.2. The molecule has 176 valence electrons. The number of nitrogens with one attached hydrogen (secondary N) is 3. The third-order valence-corrected chi connectivity index (χ3v) is 5.44. The fourth-order valence-electron chi connectivity index (χ4n) is 3.74. The molecule has 0 radical (unpaired) electrons. The zero-order valence-corrected chi connectivity index (χ0v) is 21.1. The number of piperidine rings is 1. The van der Waals surface area contributed by atoms with Crippen molar-refractivity contribution in [2.75, 3.05) is 46.9 Å². The van der Waals surface area contributed by atoms with Crippen LogP contribution in [0.5, 0.6) is 5.75 Å². The van der Waals surface area contributed by atoms with Crippen molar-refractivity contribution in [3.63, 3.8) is 0 Å². The van der Waals surface area contributed by atoms with Gasteiger partial charge in [-0.15, -0.1) is 24.0 Å². The molecule has 0 aliphatic carbocycles. The largest absolute Gasteiger partial charge is 0.497 e. The standard InChI is InChI=1S/C23H33N5O3.HI/c1-24-23(26-13-12-25-22(29)18-8-10-19(30-2)11-9-18)27-17-20(21-7-6-16-31-21)28-14-4-3-5-15-28;/h6-11,16,20H,3-5,12-15,17H2,1-2H3,(H,25,29)(H2,24,26,27);1H. The van der Waals surface area contributed by atoms with Gasteiger partial charge < -0.3 is 25.1 Å². The normalized spacial score (nSPS) is 15.4. The summed E-state index contributed by atoms with van der Waals surface area (Å²) in [4.78, 5) is 19.0. The van der Waals surface area contributed by atoms with Gasteiger partial charge in [-0.25, -0.2) is 0 Å². The molecule has 1 aromatic carbocycles. The van der Waals surface area contributed by atoms with Crippen LogP contribution in [0.1, 0.15) is 41.4 Å². The van der Waals surface area contributed by atoms with Crippen LogP contribution in [-0.2, 0) is 0 Å². The van der Waals surface area contributed by atoms with E-state index in [2.05, 4.69) is 25.8 Å². The van der Waals surface area contributed by atoms with Gasteiger partial charge in [0, 0.05) is 32.2 Å². The second kappa shape index (κ2) is 14.0. The summed E-state index contributed by atoms with van der Waals surface area (Å²) >= 11 is 0. The molecule has 8 nitrogen and oxygen atoms in total. The van der Waals surface area contributed by atoms with Crippen LogP contribution in [0.4, 0.5) is 0 Å². The average Bonchev–Trinajstić information content (AvgIpc) is 3.35. The summed E-state index contributed by atoms with van der Waals surface area (Å²) in [5.41, 5.74) is 0.603. The van der Waals surface area contributed by atoms with E-state index < -0.39 is 0 Å². The van der Waals surface area contributed by atoms with Gasteiger partial charge in [-0.05, 0) is 62.3 Å². The number of carbonyl (C=O) groups is 1. The predicted octanol–water partition coefficient (Wildman–Crippen LogP) is 3.03. The Kier molecular flexibility index (Phi) is 11.4. The molecule has 1 amide bonds. The van der Waals surface area contributed by atoms with Crippen molar-refractivity contribution in [2.24, 2.45) is 4.99 Å². The van der Waals surface area contributed by atoms with E-state index in [0.29, 0.717) is 31.2 Å². The minimum atomic E-state index is -0.115. The first-order valence-corrected chi connectivity index (χ1v) is 10.9. The number of methoxy groups -OCH3 is 1. The Balaban J connectivity index is 0.00000363. The molecule has 0 saturated carbocycles. The molecule has 9 heteroatoms. The lowest BCUT2D eigenvalue weighted by molar-refractivity contribution is 0.0954. The van der Waals surface area contributed by atoms with E-state index in [0.717, 1.165) is 24.6 Å². The number of likely N-dealkylation sites (tertiary alicyclic amines) is 1. The van der Waals surface area contributed by atoms with Crippen LogP contribution in [0, 0.1) is 0 Å². The van der Waals surface area contributed by atoms with Crippen molar-refractivity contribution in [1.82, 2.24) is 20.9 Å². The van der Waals surface area contributed by atoms with Crippen molar-refractivity contribution in [1.29, 1.82) is 0 Å². The van der Waals surface area contributed by atoms with Gasteiger partial charge in [-0.1, -0.05) is 6.42 Å². The summed E-state index contributed by atoms with van der Waals surface area (Å²) in [7, 11) is 3.35. The number of amides is 1. The van der Waals surface area contributed by atoms with Gasteiger partial charge in [0.15, 0.2) is 5.96 Å². The molecule has 3 N–H and O–H groups in total. The summed E-state index contributed by atoms with van der Waals surface area (Å²) in [6.07, 6.45) is 5.46. The Morgan fingerprint density at radius 1 is 1.09 bits per heavy atom. The Morgan fingerprint density at radius 3 is 2.44 bits per heavy atom. The fraction of sp³-hybridized carbons (Fsp3) is 0.478. The number of hydrogen-bond acceptors (Lipinski definition) is 5. The maximum atomic E-state index is 12.2. The highest BCUT2D eigenvalue weighted by molar-refractivity contribution is 14.0. The van der Waals surface area contributed by atoms with Gasteiger partial charge in [-0.2, -0.15) is 0 Å². The molecule has 1 unspecified atom stereocenters. The van der Waals surface area contributed by atoms with Gasteiger partial charge in [0.2, 0.25) is 0 Å². The zero-order valence-electron chi connectivity index (χ0n) is 18.8. The third kappa shape index (κ3) is 7.70. The van der Waals surface area contributed by atoms with Crippen LogP contribution in [0.15, 0.2) is 52.1 Å². The van der Waals surface area contributed by atoms with E-state index in [-0.39, 0.29) is 35.9 Å². The molecule has 1 aliphatic rings. The fourth-order valence-corrected chi connectivity index (χ4v) is 3.74. The van der Waals surface area contributed by atoms with Gasteiger partial charge in [-0.3, -0.25) is 14.7 Å². The lowest BCUT2D eigenvalue weighted by Crippen LogP contribution is -2.46. The predicted molar refractivity (Wildman–Crippen MR) is 137 cm³/mol. The highest BCUT2D eigenvalue weighted by Crippen LogP contribution is 2.24. The number of hydrogen-bond donors (Lipinski definition) is 3. The summed E-state index contributed by atoms with van der Waals surface area (Å²) in [5, 5.41) is 9.56. The number of halogens is 1. The molecule has 2 heterocycles. The molecule has 1 fully saturated rings.